The monoisotopic (exact) mass is 228 g/mol. The summed E-state index contributed by atoms with van der Waals surface area (Å²) in [5.74, 6) is -0.536. The maximum absolute atomic E-state index is 10.9. The molecule has 1 rings (SSSR count). The van der Waals surface area contributed by atoms with Gasteiger partial charge >= 0.3 is 5.97 Å². The van der Waals surface area contributed by atoms with Crippen LogP contribution in [0.3, 0.4) is 0 Å². The molecule has 0 heterocycles. The summed E-state index contributed by atoms with van der Waals surface area (Å²) >= 11 is 0. The summed E-state index contributed by atoms with van der Waals surface area (Å²) in [6.07, 6.45) is 2.49. The number of carbonyl (C=O) groups is 2. The van der Waals surface area contributed by atoms with E-state index in [1.54, 1.807) is 0 Å². The Labute approximate surface area is 95.8 Å². The fourth-order valence-electron chi connectivity index (χ4n) is 1.69. The van der Waals surface area contributed by atoms with Gasteiger partial charge < -0.3 is 15.3 Å². The lowest BCUT2D eigenvalue weighted by atomic mass is 10.2. The van der Waals surface area contributed by atoms with E-state index in [1.165, 1.54) is 19.8 Å². The summed E-state index contributed by atoms with van der Waals surface area (Å²) in [6.45, 7) is 5.50. The first kappa shape index (κ1) is 13.0. The van der Waals surface area contributed by atoms with E-state index < -0.39 is 12.0 Å². The zero-order valence-corrected chi connectivity index (χ0v) is 9.90. The van der Waals surface area contributed by atoms with Crippen molar-refractivity contribution >= 4 is 11.9 Å². The Balaban J connectivity index is 2.43. The smallest absolute Gasteiger partial charge is 0.327 e. The van der Waals surface area contributed by atoms with E-state index in [0.29, 0.717) is 6.54 Å². The number of nitrogens with one attached hydrogen (secondary N) is 1. The van der Waals surface area contributed by atoms with Gasteiger partial charge in [0.2, 0.25) is 5.91 Å². The highest BCUT2D eigenvalue weighted by molar-refractivity contribution is 5.82. The minimum Gasteiger partial charge on any atom is -0.480 e. The highest BCUT2D eigenvalue weighted by Gasteiger charge is 2.27. The van der Waals surface area contributed by atoms with E-state index in [-0.39, 0.29) is 5.91 Å². The molecule has 0 spiro atoms. The van der Waals surface area contributed by atoms with Gasteiger partial charge in [-0.2, -0.15) is 0 Å². The van der Waals surface area contributed by atoms with E-state index in [1.807, 2.05) is 6.92 Å². The quantitative estimate of drug-likeness (QED) is 0.658. The van der Waals surface area contributed by atoms with Gasteiger partial charge in [-0.05, 0) is 25.3 Å². The van der Waals surface area contributed by atoms with E-state index in [2.05, 4.69) is 10.2 Å². The predicted octanol–water partition coefficient (Wildman–Crippen LogP) is 0.308. The molecule has 5 nitrogen and oxygen atoms in total. The Morgan fingerprint density at radius 1 is 1.50 bits per heavy atom. The Bertz CT molecular complexity index is 264. The molecule has 1 aliphatic rings. The van der Waals surface area contributed by atoms with Crippen LogP contribution in [0.15, 0.2) is 0 Å². The topological polar surface area (TPSA) is 69.6 Å². The summed E-state index contributed by atoms with van der Waals surface area (Å²) in [6, 6.07) is -0.795. The highest BCUT2D eigenvalue weighted by atomic mass is 16.4. The molecular weight excluding hydrogens is 208 g/mol. The van der Waals surface area contributed by atoms with Gasteiger partial charge in [-0.1, -0.05) is 6.92 Å². The van der Waals surface area contributed by atoms with Crippen LogP contribution < -0.4 is 5.32 Å². The molecule has 1 amide bonds. The van der Waals surface area contributed by atoms with Crippen molar-refractivity contribution in [3.8, 4) is 0 Å². The van der Waals surface area contributed by atoms with Gasteiger partial charge in [0.25, 0.3) is 0 Å². The zero-order valence-electron chi connectivity index (χ0n) is 9.90. The van der Waals surface area contributed by atoms with E-state index in [0.717, 1.165) is 19.0 Å². The first-order chi connectivity index (χ1) is 7.52. The van der Waals surface area contributed by atoms with Crippen LogP contribution in [0, 0.1) is 5.92 Å². The number of rotatable bonds is 7. The first-order valence-electron chi connectivity index (χ1n) is 5.75. The molecule has 0 aromatic heterocycles. The molecule has 0 aromatic carbocycles. The third kappa shape index (κ3) is 4.61. The average molecular weight is 228 g/mol. The van der Waals surface area contributed by atoms with Crippen molar-refractivity contribution in [2.75, 3.05) is 19.6 Å². The van der Waals surface area contributed by atoms with Crippen LogP contribution in [0.5, 0.6) is 0 Å². The van der Waals surface area contributed by atoms with Gasteiger partial charge in [0.05, 0.1) is 0 Å². The van der Waals surface area contributed by atoms with Crippen molar-refractivity contribution in [1.29, 1.82) is 0 Å². The molecule has 92 valence electrons. The largest absolute Gasteiger partial charge is 0.480 e. The van der Waals surface area contributed by atoms with E-state index >= 15 is 0 Å². The summed E-state index contributed by atoms with van der Waals surface area (Å²) in [7, 11) is 0. The van der Waals surface area contributed by atoms with Crippen LogP contribution in [-0.4, -0.2) is 47.6 Å². The van der Waals surface area contributed by atoms with Gasteiger partial charge in [-0.25, -0.2) is 4.79 Å². The van der Waals surface area contributed by atoms with Crippen LogP contribution in [0.1, 0.15) is 26.7 Å². The van der Waals surface area contributed by atoms with E-state index in [4.69, 9.17) is 5.11 Å². The molecule has 0 aliphatic heterocycles. The molecule has 2 N–H and O–H groups in total. The molecule has 1 atom stereocenters. The standard InChI is InChI=1S/C11H20N2O3/c1-3-13(6-9-4-5-9)7-10(11(15)16)12-8(2)14/h9-10H,3-7H2,1-2H3,(H,12,14)(H,15,16). The zero-order chi connectivity index (χ0) is 12.1. The molecule has 0 saturated heterocycles. The summed E-state index contributed by atoms with van der Waals surface area (Å²) < 4.78 is 0. The molecule has 1 aliphatic carbocycles. The van der Waals surface area contributed by atoms with E-state index in [9.17, 15) is 9.59 Å². The number of carboxylic acids is 1. The number of hydrogen-bond acceptors (Lipinski definition) is 3. The van der Waals surface area contributed by atoms with Crippen LogP contribution in [0.2, 0.25) is 0 Å². The molecule has 0 aromatic rings. The Morgan fingerprint density at radius 3 is 2.50 bits per heavy atom. The van der Waals surface area contributed by atoms with Crippen molar-refractivity contribution in [2.45, 2.75) is 32.7 Å². The van der Waals surface area contributed by atoms with Gasteiger partial charge in [0.1, 0.15) is 6.04 Å². The molecular formula is C11H20N2O3. The second-order valence-corrected chi connectivity index (χ2v) is 4.39. The van der Waals surface area contributed by atoms with Crippen LogP contribution in [0.4, 0.5) is 0 Å². The third-order valence-electron chi connectivity index (χ3n) is 2.78. The fraction of sp³-hybridized carbons (Fsp3) is 0.818. The Morgan fingerprint density at radius 2 is 2.12 bits per heavy atom. The minimum atomic E-state index is -0.968. The lowest BCUT2D eigenvalue weighted by Gasteiger charge is -2.24. The van der Waals surface area contributed by atoms with Crippen molar-refractivity contribution in [3.05, 3.63) is 0 Å². The number of amides is 1. The number of carboxylic acid groups (broad SMARTS) is 1. The molecule has 1 saturated carbocycles. The van der Waals surface area contributed by atoms with Gasteiger partial charge in [-0.3, -0.25) is 4.79 Å². The maximum Gasteiger partial charge on any atom is 0.327 e. The minimum absolute atomic E-state index is 0.296. The molecule has 0 radical (unpaired) electrons. The lowest BCUT2D eigenvalue weighted by Crippen LogP contribution is -2.48. The number of carbonyl (C=O) groups excluding carboxylic acids is 1. The molecule has 1 fully saturated rings. The summed E-state index contributed by atoms with van der Waals surface area (Å²) in [4.78, 5) is 23.9. The van der Waals surface area contributed by atoms with Gasteiger partial charge in [0.15, 0.2) is 0 Å². The maximum atomic E-state index is 10.9. The molecule has 5 heteroatoms. The third-order valence-corrected chi connectivity index (χ3v) is 2.78. The first-order valence-corrected chi connectivity index (χ1v) is 5.75. The van der Waals surface area contributed by atoms with Crippen molar-refractivity contribution < 1.29 is 14.7 Å². The van der Waals surface area contributed by atoms with Crippen molar-refractivity contribution in [1.82, 2.24) is 10.2 Å². The summed E-state index contributed by atoms with van der Waals surface area (Å²) in [5, 5.41) is 11.4. The number of hydrogen-bond donors (Lipinski definition) is 2. The van der Waals surface area contributed by atoms with Crippen LogP contribution in [0.25, 0.3) is 0 Å². The highest BCUT2D eigenvalue weighted by Crippen LogP contribution is 2.29. The number of aliphatic carboxylic acids is 1. The van der Waals surface area contributed by atoms with Crippen LogP contribution >= 0.6 is 0 Å². The van der Waals surface area contributed by atoms with Gasteiger partial charge in [-0.15, -0.1) is 0 Å². The predicted molar refractivity (Wildman–Crippen MR) is 60.1 cm³/mol. The van der Waals surface area contributed by atoms with Crippen molar-refractivity contribution in [2.24, 2.45) is 5.92 Å². The SMILES string of the molecule is CCN(CC1CC1)CC(NC(C)=O)C(=O)O. The molecule has 1 unspecified atom stereocenters. The molecule has 16 heavy (non-hydrogen) atoms. The van der Waals surface area contributed by atoms with Crippen molar-refractivity contribution in [3.63, 3.8) is 0 Å². The summed E-state index contributed by atoms with van der Waals surface area (Å²) in [5.41, 5.74) is 0. The molecule has 0 bridgehead atoms. The number of likely N-dealkylation sites (N-methyl/N-ethyl adjacent to an activating group) is 1. The average Bonchev–Trinajstić information content (AvgIpc) is 2.98. The van der Waals surface area contributed by atoms with Crippen LogP contribution in [-0.2, 0) is 9.59 Å². The second-order valence-electron chi connectivity index (χ2n) is 4.39. The Kier molecular flexibility index (Phi) is 4.73. The number of nitrogens with zero attached hydrogens (tertiary/aromatic N) is 1. The Hall–Kier alpha value is -1.10. The fourth-order valence-corrected chi connectivity index (χ4v) is 1.69. The van der Waals surface area contributed by atoms with Gasteiger partial charge in [0, 0.05) is 20.0 Å². The second kappa shape index (κ2) is 5.84. The lowest BCUT2D eigenvalue weighted by molar-refractivity contribution is -0.142. The normalized spacial score (nSPS) is 17.2.